The average molecular weight is 438 g/mol. The summed E-state index contributed by atoms with van der Waals surface area (Å²) in [7, 11) is -3.83. The molecular formula is C21H31N3O3S2. The number of nitrogens with one attached hydrogen (secondary N) is 2. The van der Waals surface area contributed by atoms with Crippen molar-refractivity contribution in [1.82, 2.24) is 15.0 Å². The van der Waals surface area contributed by atoms with E-state index in [0.717, 1.165) is 28.1 Å². The van der Waals surface area contributed by atoms with Gasteiger partial charge in [0, 0.05) is 6.04 Å². The Bertz CT molecular complexity index is 984. The third-order valence-corrected chi connectivity index (χ3v) is 8.42. The zero-order valence-electron chi connectivity index (χ0n) is 17.7. The maximum atomic E-state index is 13.0. The molecule has 1 fully saturated rings. The molecule has 1 amide bonds. The maximum absolute atomic E-state index is 13.0. The van der Waals surface area contributed by atoms with E-state index in [4.69, 9.17) is 0 Å². The van der Waals surface area contributed by atoms with E-state index in [9.17, 15) is 13.2 Å². The van der Waals surface area contributed by atoms with Crippen molar-refractivity contribution >= 4 is 37.5 Å². The SMILES string of the molecule is Cc1nc2ccc(S(=O)(=O)N[C@H](C(=O)N[C@@H]3CCC[C@@H](C)[C@@H]3C)C(C)C)cc2s1. The number of carbonyl (C=O) groups excluding carboxylic acids is 1. The highest BCUT2D eigenvalue weighted by atomic mass is 32.2. The lowest BCUT2D eigenvalue weighted by molar-refractivity contribution is -0.125. The molecule has 1 heterocycles. The lowest BCUT2D eigenvalue weighted by Gasteiger charge is -2.35. The standard InChI is InChI=1S/C21H31N3O3S2/c1-12(2)20(21(25)23-17-8-6-7-13(3)14(17)4)24-29(26,27)16-9-10-18-19(11-16)28-15(5)22-18/h9-14,17,20,24H,6-8H2,1-5H3,(H,23,25)/t13-,14+,17-,20+/m1/s1. The van der Waals surface area contributed by atoms with Crippen molar-refractivity contribution in [2.45, 2.75) is 70.9 Å². The van der Waals surface area contributed by atoms with Gasteiger partial charge in [0.25, 0.3) is 0 Å². The minimum absolute atomic E-state index is 0.0912. The smallest absolute Gasteiger partial charge is 0.241 e. The molecule has 2 aromatic rings. The number of thiazole rings is 1. The van der Waals surface area contributed by atoms with Crippen LogP contribution in [0.2, 0.25) is 0 Å². The molecule has 6 nitrogen and oxygen atoms in total. The number of hydrogen-bond donors (Lipinski definition) is 2. The van der Waals surface area contributed by atoms with Gasteiger partial charge in [0.2, 0.25) is 15.9 Å². The molecular weight excluding hydrogens is 406 g/mol. The minimum atomic E-state index is -3.83. The number of hydrogen-bond acceptors (Lipinski definition) is 5. The Kier molecular flexibility index (Phi) is 6.65. The number of nitrogens with zero attached hydrogens (tertiary/aromatic N) is 1. The summed E-state index contributed by atoms with van der Waals surface area (Å²) >= 11 is 1.45. The van der Waals surface area contributed by atoms with Crippen molar-refractivity contribution in [1.29, 1.82) is 0 Å². The number of aromatic nitrogens is 1. The lowest BCUT2D eigenvalue weighted by Crippen LogP contribution is -2.54. The zero-order chi connectivity index (χ0) is 21.3. The highest BCUT2D eigenvalue weighted by molar-refractivity contribution is 7.89. The number of amides is 1. The third-order valence-electron chi connectivity index (χ3n) is 6.04. The topological polar surface area (TPSA) is 88.2 Å². The summed E-state index contributed by atoms with van der Waals surface area (Å²) in [5, 5.41) is 4.00. The molecule has 1 aromatic carbocycles. The van der Waals surface area contributed by atoms with Crippen molar-refractivity contribution in [3.05, 3.63) is 23.2 Å². The van der Waals surface area contributed by atoms with Crippen LogP contribution in [0.5, 0.6) is 0 Å². The molecule has 1 aromatic heterocycles. The lowest BCUT2D eigenvalue weighted by atomic mass is 9.78. The van der Waals surface area contributed by atoms with E-state index in [1.54, 1.807) is 18.2 Å². The van der Waals surface area contributed by atoms with Gasteiger partial charge in [-0.05, 0) is 49.3 Å². The number of benzene rings is 1. The number of rotatable bonds is 6. The first kappa shape index (κ1) is 22.2. The van der Waals surface area contributed by atoms with Crippen LogP contribution in [0.4, 0.5) is 0 Å². The van der Waals surface area contributed by atoms with Crippen LogP contribution < -0.4 is 10.0 Å². The molecule has 2 N–H and O–H groups in total. The van der Waals surface area contributed by atoms with Gasteiger partial charge < -0.3 is 5.32 Å². The van der Waals surface area contributed by atoms with E-state index in [0.29, 0.717) is 11.8 Å². The van der Waals surface area contributed by atoms with Crippen LogP contribution in [0.25, 0.3) is 10.2 Å². The molecule has 0 bridgehead atoms. The van der Waals surface area contributed by atoms with Crippen LogP contribution in [0, 0.1) is 24.7 Å². The molecule has 29 heavy (non-hydrogen) atoms. The van der Waals surface area contributed by atoms with Gasteiger partial charge in [0.05, 0.1) is 20.1 Å². The highest BCUT2D eigenvalue weighted by Gasteiger charge is 2.33. The first-order valence-electron chi connectivity index (χ1n) is 10.3. The van der Waals surface area contributed by atoms with Crippen LogP contribution in [0.3, 0.4) is 0 Å². The van der Waals surface area contributed by atoms with Gasteiger partial charge >= 0.3 is 0 Å². The summed E-state index contributed by atoms with van der Waals surface area (Å²) in [6.07, 6.45) is 3.20. The van der Waals surface area contributed by atoms with Gasteiger partial charge in [-0.3, -0.25) is 4.79 Å². The van der Waals surface area contributed by atoms with E-state index in [1.807, 2.05) is 20.8 Å². The maximum Gasteiger partial charge on any atom is 0.241 e. The highest BCUT2D eigenvalue weighted by Crippen LogP contribution is 2.30. The Balaban J connectivity index is 1.78. The van der Waals surface area contributed by atoms with Gasteiger partial charge in [-0.2, -0.15) is 4.72 Å². The van der Waals surface area contributed by atoms with Crippen molar-refractivity contribution in [3.8, 4) is 0 Å². The quantitative estimate of drug-likeness (QED) is 0.718. The summed E-state index contributed by atoms with van der Waals surface area (Å²) in [4.78, 5) is 17.5. The van der Waals surface area contributed by atoms with Gasteiger partial charge in [-0.1, -0.05) is 40.5 Å². The molecule has 3 rings (SSSR count). The summed E-state index contributed by atoms with van der Waals surface area (Å²) in [6.45, 7) is 9.98. The van der Waals surface area contributed by atoms with E-state index in [2.05, 4.69) is 28.9 Å². The first-order chi connectivity index (χ1) is 13.6. The van der Waals surface area contributed by atoms with E-state index in [-0.39, 0.29) is 22.8 Å². The second-order valence-corrected chi connectivity index (χ2v) is 11.5. The fourth-order valence-corrected chi connectivity index (χ4v) is 6.28. The molecule has 8 heteroatoms. The summed E-state index contributed by atoms with van der Waals surface area (Å²) in [5.41, 5.74) is 0.782. The Labute approximate surface area is 177 Å². The zero-order valence-corrected chi connectivity index (χ0v) is 19.4. The molecule has 0 radical (unpaired) electrons. The number of aryl methyl sites for hydroxylation is 1. The number of carbonyl (C=O) groups is 1. The molecule has 0 unspecified atom stereocenters. The summed E-state index contributed by atoms with van der Waals surface area (Å²) in [6, 6.07) is 4.16. The van der Waals surface area contributed by atoms with E-state index in [1.165, 1.54) is 17.8 Å². The van der Waals surface area contributed by atoms with Crippen molar-refractivity contribution in [2.75, 3.05) is 0 Å². The normalized spacial score (nSPS) is 24.0. The Morgan fingerprint density at radius 2 is 1.97 bits per heavy atom. The molecule has 1 saturated carbocycles. The van der Waals surface area contributed by atoms with Crippen LogP contribution in [-0.4, -0.2) is 31.4 Å². The van der Waals surface area contributed by atoms with Gasteiger partial charge in [0.15, 0.2) is 0 Å². The molecule has 0 spiro atoms. The predicted octanol–water partition coefficient (Wildman–Crippen LogP) is 3.85. The van der Waals surface area contributed by atoms with Crippen LogP contribution in [-0.2, 0) is 14.8 Å². The Hall–Kier alpha value is -1.51. The van der Waals surface area contributed by atoms with Crippen LogP contribution in [0.15, 0.2) is 23.1 Å². The molecule has 0 saturated heterocycles. The van der Waals surface area contributed by atoms with Crippen molar-refractivity contribution in [3.63, 3.8) is 0 Å². The number of sulfonamides is 1. The fourth-order valence-electron chi connectivity index (χ4n) is 3.97. The molecule has 0 aliphatic heterocycles. The fraction of sp³-hybridized carbons (Fsp3) is 0.619. The summed E-state index contributed by atoms with van der Waals surface area (Å²) < 4.78 is 29.5. The van der Waals surface area contributed by atoms with Crippen LogP contribution >= 0.6 is 11.3 Å². The van der Waals surface area contributed by atoms with Crippen molar-refractivity contribution < 1.29 is 13.2 Å². The molecule has 160 valence electrons. The van der Waals surface area contributed by atoms with E-state index < -0.39 is 16.1 Å². The Morgan fingerprint density at radius 3 is 2.66 bits per heavy atom. The monoisotopic (exact) mass is 437 g/mol. The molecule has 1 aliphatic carbocycles. The van der Waals surface area contributed by atoms with E-state index >= 15 is 0 Å². The summed E-state index contributed by atoms with van der Waals surface area (Å²) in [5.74, 6) is 0.520. The van der Waals surface area contributed by atoms with Crippen molar-refractivity contribution in [2.24, 2.45) is 17.8 Å². The van der Waals surface area contributed by atoms with Gasteiger partial charge in [-0.25, -0.2) is 13.4 Å². The largest absolute Gasteiger partial charge is 0.352 e. The van der Waals surface area contributed by atoms with Gasteiger partial charge in [0.1, 0.15) is 6.04 Å². The van der Waals surface area contributed by atoms with Gasteiger partial charge in [-0.15, -0.1) is 11.3 Å². The Morgan fingerprint density at radius 1 is 1.24 bits per heavy atom. The molecule has 1 aliphatic rings. The predicted molar refractivity (Wildman–Crippen MR) is 117 cm³/mol. The second-order valence-electron chi connectivity index (χ2n) is 8.59. The number of fused-ring (bicyclic) bond motifs is 1. The average Bonchev–Trinajstić information content (AvgIpc) is 3.02. The molecule has 4 atom stereocenters. The second kappa shape index (κ2) is 8.70. The van der Waals surface area contributed by atoms with Crippen LogP contribution in [0.1, 0.15) is 52.0 Å². The third kappa shape index (κ3) is 4.98. The first-order valence-corrected chi connectivity index (χ1v) is 12.6. The minimum Gasteiger partial charge on any atom is -0.352 e.